The molecular weight excluding hydrogens is 587 g/mol. The second-order valence-electron chi connectivity index (χ2n) is 12.6. The summed E-state index contributed by atoms with van der Waals surface area (Å²) in [5.74, 6) is 0. The second-order valence-corrected chi connectivity index (χ2v) is 12.6. The highest BCUT2D eigenvalue weighted by molar-refractivity contribution is 5.19. The van der Waals surface area contributed by atoms with Crippen molar-refractivity contribution in [2.75, 3.05) is 52.4 Å². The number of rotatable bonds is 22. The minimum absolute atomic E-state index is 0.951. The van der Waals surface area contributed by atoms with E-state index < -0.39 is 0 Å². The Hall–Kier alpha value is -4.10. The molecule has 0 spiro atoms. The van der Waals surface area contributed by atoms with Gasteiger partial charge in [0.15, 0.2) is 0 Å². The van der Waals surface area contributed by atoms with Crippen molar-refractivity contribution < 1.29 is 0 Å². The van der Waals surface area contributed by atoms with Crippen molar-refractivity contribution >= 4 is 0 Å². The molecule has 0 unspecified atom stereocenters. The van der Waals surface area contributed by atoms with E-state index in [4.69, 9.17) is 0 Å². The zero-order valence-electron chi connectivity index (χ0n) is 28.5. The van der Waals surface area contributed by atoms with Crippen LogP contribution in [-0.4, -0.2) is 67.1 Å². The lowest BCUT2D eigenvalue weighted by molar-refractivity contribution is 0.188. The highest BCUT2D eigenvalue weighted by Crippen LogP contribution is 2.12. The fourth-order valence-electron chi connectivity index (χ4n) is 6.09. The minimum atomic E-state index is 0.951. The molecule has 0 fully saturated rings. The molecule has 0 aliphatic carbocycles. The number of nitrogens with zero attached hydrogens (tertiary/aromatic N) is 3. The van der Waals surface area contributed by atoms with Crippen LogP contribution >= 0.6 is 0 Å². The van der Waals surface area contributed by atoms with E-state index >= 15 is 0 Å². The zero-order valence-corrected chi connectivity index (χ0v) is 28.5. The molecule has 0 saturated carbocycles. The first-order valence-electron chi connectivity index (χ1n) is 17.6. The number of hydrogen-bond donors (Lipinski definition) is 2. The van der Waals surface area contributed by atoms with Crippen LogP contribution in [0.2, 0.25) is 0 Å². The molecule has 0 amide bonds. The SMILES string of the molecule is c1ccc(CN(CCNCCNCCN(Cc2ccccc2)Cc2ccccc2)CCN(Cc2ccccc2)Cc2ccccc2)cc1. The van der Waals surface area contributed by atoms with Crippen LogP contribution in [-0.2, 0) is 32.7 Å². The zero-order chi connectivity index (χ0) is 32.9. The Kier molecular flexibility index (Phi) is 15.4. The predicted octanol–water partition coefficient (Wildman–Crippen LogP) is 7.07. The summed E-state index contributed by atoms with van der Waals surface area (Å²) < 4.78 is 0. The molecule has 0 saturated heterocycles. The van der Waals surface area contributed by atoms with Crippen molar-refractivity contribution in [2.24, 2.45) is 0 Å². The molecule has 0 aliphatic heterocycles. The Bertz CT molecular complexity index is 1420. The van der Waals surface area contributed by atoms with Crippen LogP contribution < -0.4 is 10.6 Å². The van der Waals surface area contributed by atoms with Crippen molar-refractivity contribution in [1.82, 2.24) is 25.3 Å². The monoisotopic (exact) mass is 639 g/mol. The van der Waals surface area contributed by atoms with Crippen molar-refractivity contribution in [3.8, 4) is 0 Å². The van der Waals surface area contributed by atoms with Crippen LogP contribution in [0.25, 0.3) is 0 Å². The van der Waals surface area contributed by atoms with E-state index in [1.807, 2.05) is 0 Å². The van der Waals surface area contributed by atoms with E-state index in [-0.39, 0.29) is 0 Å². The van der Waals surface area contributed by atoms with Gasteiger partial charge < -0.3 is 10.6 Å². The highest BCUT2D eigenvalue weighted by Gasteiger charge is 2.12. The summed E-state index contributed by atoms with van der Waals surface area (Å²) in [6.07, 6.45) is 0. The van der Waals surface area contributed by atoms with E-state index in [9.17, 15) is 0 Å². The van der Waals surface area contributed by atoms with E-state index in [2.05, 4.69) is 177 Å². The van der Waals surface area contributed by atoms with Gasteiger partial charge in [0.1, 0.15) is 0 Å². The van der Waals surface area contributed by atoms with E-state index in [0.29, 0.717) is 0 Å². The van der Waals surface area contributed by atoms with Gasteiger partial charge in [0, 0.05) is 85.1 Å². The quantitative estimate of drug-likeness (QED) is 0.0792. The predicted molar refractivity (Wildman–Crippen MR) is 201 cm³/mol. The number of benzene rings is 5. The summed E-state index contributed by atoms with van der Waals surface area (Å²) in [5, 5.41) is 7.38. The van der Waals surface area contributed by atoms with Gasteiger partial charge in [-0.05, 0) is 27.8 Å². The van der Waals surface area contributed by atoms with Gasteiger partial charge in [0.25, 0.3) is 0 Å². The Morgan fingerprint density at radius 1 is 0.271 bits per heavy atom. The molecule has 2 N–H and O–H groups in total. The van der Waals surface area contributed by atoms with E-state index in [1.165, 1.54) is 27.8 Å². The molecule has 250 valence electrons. The molecule has 0 aliphatic rings. The maximum Gasteiger partial charge on any atom is 0.0237 e. The number of hydrogen-bond acceptors (Lipinski definition) is 5. The summed E-state index contributed by atoms with van der Waals surface area (Å²) in [4.78, 5) is 7.72. The summed E-state index contributed by atoms with van der Waals surface area (Å²) in [5.41, 5.74) is 6.81. The van der Waals surface area contributed by atoms with Crippen molar-refractivity contribution in [3.05, 3.63) is 179 Å². The van der Waals surface area contributed by atoms with E-state index in [1.54, 1.807) is 0 Å². The number of nitrogens with one attached hydrogen (secondary N) is 2. The Balaban J connectivity index is 1.07. The largest absolute Gasteiger partial charge is 0.314 e. The van der Waals surface area contributed by atoms with Crippen LogP contribution in [0.4, 0.5) is 0 Å². The minimum Gasteiger partial charge on any atom is -0.314 e. The molecular formula is C43H53N5. The molecule has 5 heteroatoms. The lowest BCUT2D eigenvalue weighted by Gasteiger charge is -2.28. The molecule has 0 heterocycles. The van der Waals surface area contributed by atoms with Gasteiger partial charge in [-0.15, -0.1) is 0 Å². The molecule has 0 aromatic heterocycles. The molecule has 0 bridgehead atoms. The maximum absolute atomic E-state index is 3.71. The molecule has 0 atom stereocenters. The first kappa shape index (κ1) is 35.2. The lowest BCUT2D eigenvalue weighted by atomic mass is 10.1. The molecule has 5 aromatic carbocycles. The second kappa shape index (κ2) is 21.0. The van der Waals surface area contributed by atoms with Gasteiger partial charge in [0.05, 0.1) is 0 Å². The molecule has 48 heavy (non-hydrogen) atoms. The van der Waals surface area contributed by atoms with Gasteiger partial charge in [-0.2, -0.15) is 0 Å². The Labute approximate surface area is 289 Å². The van der Waals surface area contributed by atoms with Crippen molar-refractivity contribution in [2.45, 2.75) is 32.7 Å². The fourth-order valence-corrected chi connectivity index (χ4v) is 6.09. The standard InChI is InChI=1S/C43H53N5/c1-6-16-39(17-7-1)34-46(32-33-48(37-42-22-12-4-13-23-42)38-43-24-14-5-15-25-43)30-28-44-26-27-45-29-31-47(35-40-18-8-2-9-19-40)36-41-20-10-3-11-21-41/h1-25,44-45H,26-38H2. The first-order valence-corrected chi connectivity index (χ1v) is 17.6. The van der Waals surface area contributed by atoms with E-state index in [0.717, 1.165) is 85.1 Å². The van der Waals surface area contributed by atoms with Crippen LogP contribution in [0.5, 0.6) is 0 Å². The Morgan fingerprint density at radius 3 is 0.854 bits per heavy atom. The summed E-state index contributed by atoms with van der Waals surface area (Å²) in [6, 6.07) is 54.2. The maximum atomic E-state index is 3.71. The summed E-state index contributed by atoms with van der Waals surface area (Å²) >= 11 is 0. The van der Waals surface area contributed by atoms with Crippen molar-refractivity contribution in [1.29, 1.82) is 0 Å². The Morgan fingerprint density at radius 2 is 0.521 bits per heavy atom. The molecule has 5 rings (SSSR count). The third-order valence-corrected chi connectivity index (χ3v) is 8.67. The third-order valence-electron chi connectivity index (χ3n) is 8.67. The molecule has 5 nitrogen and oxygen atoms in total. The van der Waals surface area contributed by atoms with Crippen LogP contribution in [0, 0.1) is 0 Å². The van der Waals surface area contributed by atoms with Gasteiger partial charge in [0.2, 0.25) is 0 Å². The van der Waals surface area contributed by atoms with Crippen LogP contribution in [0.15, 0.2) is 152 Å². The van der Waals surface area contributed by atoms with Gasteiger partial charge >= 0.3 is 0 Å². The molecule has 5 aromatic rings. The smallest absolute Gasteiger partial charge is 0.0237 e. The van der Waals surface area contributed by atoms with Crippen LogP contribution in [0.1, 0.15) is 27.8 Å². The first-order chi connectivity index (χ1) is 23.8. The average molecular weight is 640 g/mol. The normalized spacial score (nSPS) is 11.5. The summed E-state index contributed by atoms with van der Waals surface area (Å²) in [6.45, 7) is 12.7. The van der Waals surface area contributed by atoms with Crippen LogP contribution in [0.3, 0.4) is 0 Å². The van der Waals surface area contributed by atoms with Gasteiger partial charge in [-0.3, -0.25) is 14.7 Å². The average Bonchev–Trinajstić information content (AvgIpc) is 3.13. The van der Waals surface area contributed by atoms with Crippen molar-refractivity contribution in [3.63, 3.8) is 0 Å². The summed E-state index contributed by atoms with van der Waals surface area (Å²) in [7, 11) is 0. The third kappa shape index (κ3) is 13.6. The fraction of sp³-hybridized carbons (Fsp3) is 0.302. The molecule has 0 radical (unpaired) electrons. The van der Waals surface area contributed by atoms with Gasteiger partial charge in [-0.1, -0.05) is 152 Å². The highest BCUT2D eigenvalue weighted by atomic mass is 15.2. The van der Waals surface area contributed by atoms with Gasteiger partial charge in [-0.25, -0.2) is 0 Å². The lowest BCUT2D eigenvalue weighted by Crippen LogP contribution is -2.39. The topological polar surface area (TPSA) is 33.8 Å².